The zero-order valence-corrected chi connectivity index (χ0v) is 12.8. The molecule has 1 aromatic carbocycles. The van der Waals surface area contributed by atoms with Crippen LogP contribution in [0.1, 0.15) is 24.0 Å². The van der Waals surface area contributed by atoms with Gasteiger partial charge in [-0.25, -0.2) is 0 Å². The molecule has 0 radical (unpaired) electrons. The normalized spacial score (nSPS) is 27.8. The summed E-state index contributed by atoms with van der Waals surface area (Å²) in [7, 11) is 0. The maximum Gasteiger partial charge on any atom is 0.228 e. The van der Waals surface area contributed by atoms with Crippen molar-refractivity contribution in [1.29, 1.82) is 0 Å². The molecule has 1 aromatic rings. The largest absolute Gasteiger partial charge is 0.325 e. The van der Waals surface area contributed by atoms with Crippen LogP contribution >= 0.6 is 15.9 Å². The van der Waals surface area contributed by atoms with Crippen LogP contribution in [0.15, 0.2) is 28.8 Å². The number of amides is 1. The van der Waals surface area contributed by atoms with Crippen molar-refractivity contribution in [2.75, 3.05) is 5.32 Å². The highest BCUT2D eigenvalue weighted by Gasteiger charge is 2.39. The van der Waals surface area contributed by atoms with Crippen molar-refractivity contribution in [2.45, 2.75) is 26.7 Å². The van der Waals surface area contributed by atoms with E-state index in [2.05, 4.69) is 33.4 Å². The Bertz CT molecular complexity index is 541. The first kappa shape index (κ1) is 12.9. The second-order valence-corrected chi connectivity index (χ2v) is 6.71. The highest BCUT2D eigenvalue weighted by molar-refractivity contribution is 9.10. The lowest BCUT2D eigenvalue weighted by molar-refractivity contribution is -0.120. The molecule has 2 bridgehead atoms. The minimum atomic E-state index is 0.164. The molecule has 100 valence electrons. The number of nitrogens with one attached hydrogen (secondary N) is 1. The summed E-state index contributed by atoms with van der Waals surface area (Å²) in [5.74, 6) is 1.44. The summed E-state index contributed by atoms with van der Waals surface area (Å²) >= 11 is 3.48. The van der Waals surface area contributed by atoms with E-state index in [4.69, 9.17) is 0 Å². The first-order valence-corrected chi connectivity index (χ1v) is 7.60. The quantitative estimate of drug-likeness (QED) is 0.812. The number of fused-ring (bicyclic) bond motifs is 2. The SMILES string of the molecule is Cc1cc(Br)cc(C)c1NC(=O)C1CC2C=CC1C2. The standard InChI is InChI=1S/C16H18BrNO/c1-9-5-13(17)6-10(2)15(9)18-16(19)14-8-11-3-4-12(14)7-11/h3-6,11-12,14H,7-8H2,1-2H3,(H,18,19). The van der Waals surface area contributed by atoms with Crippen molar-refractivity contribution in [3.63, 3.8) is 0 Å². The van der Waals surface area contributed by atoms with Gasteiger partial charge >= 0.3 is 0 Å². The summed E-state index contributed by atoms with van der Waals surface area (Å²) in [4.78, 5) is 12.4. The van der Waals surface area contributed by atoms with Gasteiger partial charge in [-0.2, -0.15) is 0 Å². The number of allylic oxidation sites excluding steroid dienone is 2. The molecule has 0 aromatic heterocycles. The number of carbonyl (C=O) groups excluding carboxylic acids is 1. The fourth-order valence-electron chi connectivity index (χ4n) is 3.41. The summed E-state index contributed by atoms with van der Waals surface area (Å²) < 4.78 is 1.06. The molecule has 0 aliphatic heterocycles. The van der Waals surface area contributed by atoms with E-state index in [1.807, 2.05) is 26.0 Å². The number of hydrogen-bond acceptors (Lipinski definition) is 1. The second-order valence-electron chi connectivity index (χ2n) is 5.79. The Morgan fingerprint density at radius 1 is 1.21 bits per heavy atom. The predicted octanol–water partition coefficient (Wildman–Crippen LogP) is 4.22. The van der Waals surface area contributed by atoms with E-state index in [1.54, 1.807) is 0 Å². The zero-order chi connectivity index (χ0) is 13.6. The zero-order valence-electron chi connectivity index (χ0n) is 11.2. The topological polar surface area (TPSA) is 29.1 Å². The van der Waals surface area contributed by atoms with Gasteiger partial charge < -0.3 is 5.32 Å². The van der Waals surface area contributed by atoms with Crippen LogP contribution in [0.2, 0.25) is 0 Å². The number of benzene rings is 1. The average molecular weight is 320 g/mol. The first-order chi connectivity index (χ1) is 9.04. The van der Waals surface area contributed by atoms with E-state index in [0.717, 1.165) is 34.1 Å². The molecule has 0 spiro atoms. The van der Waals surface area contributed by atoms with Crippen molar-refractivity contribution in [1.82, 2.24) is 0 Å². The summed E-state index contributed by atoms with van der Waals surface area (Å²) in [6, 6.07) is 4.09. The van der Waals surface area contributed by atoms with Crippen LogP contribution in [0.25, 0.3) is 0 Å². The highest BCUT2D eigenvalue weighted by Crippen LogP contribution is 2.44. The average Bonchev–Trinajstić information content (AvgIpc) is 2.95. The Morgan fingerprint density at radius 3 is 2.42 bits per heavy atom. The Labute approximate surface area is 122 Å². The summed E-state index contributed by atoms with van der Waals surface area (Å²) in [6.07, 6.45) is 6.67. The van der Waals surface area contributed by atoms with Gasteiger partial charge in [-0.05, 0) is 61.8 Å². The van der Waals surface area contributed by atoms with Crippen LogP contribution in [0, 0.1) is 31.6 Å². The Hall–Kier alpha value is -1.09. The van der Waals surface area contributed by atoms with Crippen LogP contribution in [0.3, 0.4) is 0 Å². The third-order valence-electron chi connectivity index (χ3n) is 4.36. The number of aryl methyl sites for hydroxylation is 2. The molecule has 2 aliphatic carbocycles. The Balaban J connectivity index is 1.79. The molecule has 2 aliphatic rings. The molecule has 0 heterocycles. The van der Waals surface area contributed by atoms with Gasteiger partial charge in [-0.1, -0.05) is 28.1 Å². The third-order valence-corrected chi connectivity index (χ3v) is 4.82. The van der Waals surface area contributed by atoms with E-state index in [1.165, 1.54) is 0 Å². The van der Waals surface area contributed by atoms with E-state index >= 15 is 0 Å². The molecule has 1 saturated carbocycles. The minimum Gasteiger partial charge on any atom is -0.325 e. The van der Waals surface area contributed by atoms with Crippen molar-refractivity contribution in [3.8, 4) is 0 Å². The van der Waals surface area contributed by atoms with Gasteiger partial charge in [-0.15, -0.1) is 0 Å². The van der Waals surface area contributed by atoms with E-state index in [0.29, 0.717) is 11.8 Å². The molecule has 3 unspecified atom stereocenters. The molecule has 3 rings (SSSR count). The van der Waals surface area contributed by atoms with Crippen molar-refractivity contribution in [3.05, 3.63) is 39.9 Å². The van der Waals surface area contributed by atoms with E-state index < -0.39 is 0 Å². The van der Waals surface area contributed by atoms with Gasteiger partial charge in [0, 0.05) is 16.1 Å². The van der Waals surface area contributed by atoms with Crippen LogP contribution in [0.4, 0.5) is 5.69 Å². The maximum atomic E-state index is 12.4. The van der Waals surface area contributed by atoms with E-state index in [-0.39, 0.29) is 11.8 Å². The number of carbonyl (C=O) groups is 1. The van der Waals surface area contributed by atoms with Gasteiger partial charge in [0.15, 0.2) is 0 Å². The fraction of sp³-hybridized carbons (Fsp3) is 0.438. The van der Waals surface area contributed by atoms with Gasteiger partial charge in [0.1, 0.15) is 0 Å². The fourth-order valence-corrected chi connectivity index (χ4v) is 4.09. The smallest absolute Gasteiger partial charge is 0.228 e. The number of hydrogen-bond donors (Lipinski definition) is 1. The molecular weight excluding hydrogens is 302 g/mol. The molecule has 1 N–H and O–H groups in total. The van der Waals surface area contributed by atoms with E-state index in [9.17, 15) is 4.79 Å². The number of rotatable bonds is 2. The van der Waals surface area contributed by atoms with Crippen molar-refractivity contribution in [2.24, 2.45) is 17.8 Å². The highest BCUT2D eigenvalue weighted by atomic mass is 79.9. The molecule has 19 heavy (non-hydrogen) atoms. The minimum absolute atomic E-state index is 0.164. The number of anilines is 1. The molecular formula is C16H18BrNO. The lowest BCUT2D eigenvalue weighted by atomic mass is 9.92. The van der Waals surface area contributed by atoms with Crippen LogP contribution in [-0.2, 0) is 4.79 Å². The molecule has 0 saturated heterocycles. The number of halogens is 1. The van der Waals surface area contributed by atoms with Crippen molar-refractivity contribution < 1.29 is 4.79 Å². The molecule has 2 nitrogen and oxygen atoms in total. The Morgan fingerprint density at radius 2 is 1.89 bits per heavy atom. The first-order valence-electron chi connectivity index (χ1n) is 6.80. The third kappa shape index (κ3) is 2.36. The molecule has 1 fully saturated rings. The summed E-state index contributed by atoms with van der Waals surface area (Å²) in [6.45, 7) is 4.07. The lowest BCUT2D eigenvalue weighted by Gasteiger charge is -2.19. The van der Waals surface area contributed by atoms with Gasteiger partial charge in [0.05, 0.1) is 0 Å². The molecule has 3 atom stereocenters. The predicted molar refractivity (Wildman–Crippen MR) is 81.1 cm³/mol. The van der Waals surface area contributed by atoms with Gasteiger partial charge in [0.25, 0.3) is 0 Å². The Kier molecular flexibility index (Phi) is 3.25. The van der Waals surface area contributed by atoms with Gasteiger partial charge in [0.2, 0.25) is 5.91 Å². The van der Waals surface area contributed by atoms with Crippen molar-refractivity contribution >= 4 is 27.5 Å². The van der Waals surface area contributed by atoms with Crippen LogP contribution < -0.4 is 5.32 Å². The van der Waals surface area contributed by atoms with Crippen LogP contribution in [-0.4, -0.2) is 5.91 Å². The van der Waals surface area contributed by atoms with Crippen LogP contribution in [0.5, 0.6) is 0 Å². The monoisotopic (exact) mass is 319 g/mol. The van der Waals surface area contributed by atoms with Gasteiger partial charge in [-0.3, -0.25) is 4.79 Å². The summed E-state index contributed by atoms with van der Waals surface area (Å²) in [5.41, 5.74) is 3.19. The molecule has 3 heteroatoms. The maximum absolute atomic E-state index is 12.4. The lowest BCUT2D eigenvalue weighted by Crippen LogP contribution is -2.26. The second kappa shape index (κ2) is 4.78. The summed E-state index contributed by atoms with van der Waals surface area (Å²) in [5, 5.41) is 3.14. The molecule has 1 amide bonds.